The molecule has 0 spiro atoms. The van der Waals surface area contributed by atoms with E-state index in [1.54, 1.807) is 17.0 Å². The van der Waals surface area contributed by atoms with Gasteiger partial charge < -0.3 is 15.1 Å². The number of aliphatic hydroxyl groups excluding tert-OH is 1. The first-order chi connectivity index (χ1) is 14.8. The summed E-state index contributed by atoms with van der Waals surface area (Å²) in [6.45, 7) is 14.5. The maximum atomic E-state index is 13.3. The number of carbonyl (C=O) groups is 1. The standard InChI is InChI=1S/C26H35N3O3/c1-8-20-17(14-30)9-16-12-29(24(27)22(16)28-20)13-21(31)15-10-18(25(2,3)4)23(32)19(11-15)26(5,6)7/h9-11,27,30,32H,8,12-14H2,1-7H3. The second-order valence-corrected chi connectivity index (χ2v) is 10.7. The van der Waals surface area contributed by atoms with E-state index in [1.165, 1.54) is 0 Å². The number of benzene rings is 1. The van der Waals surface area contributed by atoms with Crippen LogP contribution in [-0.2, 0) is 30.4 Å². The van der Waals surface area contributed by atoms with Gasteiger partial charge in [-0.3, -0.25) is 10.2 Å². The topological polar surface area (TPSA) is 97.5 Å². The van der Waals surface area contributed by atoms with Crippen molar-refractivity contribution in [2.75, 3.05) is 6.54 Å². The Morgan fingerprint density at radius 1 is 1.09 bits per heavy atom. The summed E-state index contributed by atoms with van der Waals surface area (Å²) in [5.41, 5.74) is 4.40. The van der Waals surface area contributed by atoms with Crippen molar-refractivity contribution in [3.8, 4) is 5.75 Å². The average Bonchev–Trinajstić information content (AvgIpc) is 2.99. The Morgan fingerprint density at radius 2 is 1.66 bits per heavy atom. The fourth-order valence-corrected chi connectivity index (χ4v) is 4.18. The number of fused-ring (bicyclic) bond motifs is 1. The Labute approximate surface area is 190 Å². The maximum absolute atomic E-state index is 13.3. The second-order valence-electron chi connectivity index (χ2n) is 10.7. The number of pyridine rings is 1. The van der Waals surface area contributed by atoms with Gasteiger partial charge in [-0.1, -0.05) is 48.5 Å². The molecule has 1 aliphatic rings. The lowest BCUT2D eigenvalue weighted by molar-refractivity contribution is 0.0962. The lowest BCUT2D eigenvalue weighted by Gasteiger charge is -2.28. The zero-order valence-electron chi connectivity index (χ0n) is 20.3. The van der Waals surface area contributed by atoms with Crippen molar-refractivity contribution < 1.29 is 15.0 Å². The first-order valence-electron chi connectivity index (χ1n) is 11.2. The van der Waals surface area contributed by atoms with Crippen molar-refractivity contribution in [2.45, 2.75) is 78.9 Å². The maximum Gasteiger partial charge on any atom is 0.182 e. The summed E-state index contributed by atoms with van der Waals surface area (Å²) in [5.74, 6) is 0.380. The van der Waals surface area contributed by atoms with Gasteiger partial charge in [-0.25, -0.2) is 4.98 Å². The molecule has 0 unspecified atom stereocenters. The number of nitrogens with zero attached hydrogens (tertiary/aromatic N) is 2. The van der Waals surface area contributed by atoms with Crippen molar-refractivity contribution in [3.63, 3.8) is 0 Å². The fraction of sp³-hybridized carbons (Fsp3) is 0.500. The van der Waals surface area contributed by atoms with E-state index in [-0.39, 0.29) is 41.3 Å². The minimum atomic E-state index is -0.321. The van der Waals surface area contributed by atoms with Gasteiger partial charge in [-0.05, 0) is 41.0 Å². The lowest BCUT2D eigenvalue weighted by Crippen LogP contribution is -2.31. The third-order valence-electron chi connectivity index (χ3n) is 6.06. The molecule has 0 saturated heterocycles. The number of hydrogen-bond acceptors (Lipinski definition) is 5. The van der Waals surface area contributed by atoms with Crippen molar-refractivity contribution in [1.29, 1.82) is 5.41 Å². The molecule has 6 heteroatoms. The summed E-state index contributed by atoms with van der Waals surface area (Å²) in [7, 11) is 0. The van der Waals surface area contributed by atoms with E-state index in [0.29, 0.717) is 24.2 Å². The largest absolute Gasteiger partial charge is 0.507 e. The quantitative estimate of drug-likeness (QED) is 0.600. The smallest absolute Gasteiger partial charge is 0.182 e. The highest BCUT2D eigenvalue weighted by Crippen LogP contribution is 2.40. The zero-order valence-corrected chi connectivity index (χ0v) is 20.3. The van der Waals surface area contributed by atoms with Crippen LogP contribution < -0.4 is 0 Å². The number of aromatic hydroxyl groups is 1. The molecular formula is C26H35N3O3. The molecule has 0 bridgehead atoms. The molecule has 3 rings (SSSR count). The molecule has 32 heavy (non-hydrogen) atoms. The SMILES string of the molecule is CCc1nc2c(cc1CO)CN(CC(=O)c1cc(C(C)(C)C)c(O)c(C(C)(C)C)c1)C2=N. The van der Waals surface area contributed by atoms with Crippen LogP contribution in [0, 0.1) is 5.41 Å². The zero-order chi connectivity index (χ0) is 24.0. The van der Waals surface area contributed by atoms with E-state index in [1.807, 2.05) is 54.5 Å². The van der Waals surface area contributed by atoms with Crippen molar-refractivity contribution in [3.05, 3.63) is 57.4 Å². The molecule has 0 fully saturated rings. The van der Waals surface area contributed by atoms with E-state index >= 15 is 0 Å². The van der Waals surface area contributed by atoms with Gasteiger partial charge in [-0.2, -0.15) is 0 Å². The number of ketones is 1. The molecular weight excluding hydrogens is 402 g/mol. The average molecular weight is 438 g/mol. The van der Waals surface area contributed by atoms with Crippen LogP contribution >= 0.6 is 0 Å². The third-order valence-corrected chi connectivity index (χ3v) is 6.06. The minimum absolute atomic E-state index is 0.0586. The molecule has 1 aromatic heterocycles. The predicted octanol–water partition coefficient (Wildman–Crippen LogP) is 4.46. The molecule has 2 heterocycles. The number of aromatic nitrogens is 1. The highest BCUT2D eigenvalue weighted by Gasteiger charge is 2.31. The van der Waals surface area contributed by atoms with Crippen LogP contribution in [0.1, 0.15) is 92.5 Å². The first kappa shape index (κ1) is 23.9. The normalized spacial score (nSPS) is 14.1. The lowest BCUT2D eigenvalue weighted by atomic mass is 9.78. The molecule has 1 aliphatic heterocycles. The fourth-order valence-electron chi connectivity index (χ4n) is 4.18. The summed E-state index contributed by atoms with van der Waals surface area (Å²) in [6, 6.07) is 5.48. The summed E-state index contributed by atoms with van der Waals surface area (Å²) in [4.78, 5) is 19.6. The number of amidine groups is 1. The van der Waals surface area contributed by atoms with Crippen molar-refractivity contribution >= 4 is 11.6 Å². The molecule has 6 nitrogen and oxygen atoms in total. The van der Waals surface area contributed by atoms with Crippen LogP contribution in [0.3, 0.4) is 0 Å². The van der Waals surface area contributed by atoms with Crippen LogP contribution in [0.2, 0.25) is 0 Å². The van der Waals surface area contributed by atoms with E-state index in [9.17, 15) is 15.0 Å². The van der Waals surface area contributed by atoms with Crippen LogP contribution in [0.5, 0.6) is 5.75 Å². The minimum Gasteiger partial charge on any atom is -0.507 e. The Morgan fingerprint density at radius 3 is 2.12 bits per heavy atom. The van der Waals surface area contributed by atoms with Crippen LogP contribution in [0.25, 0.3) is 0 Å². The Balaban J connectivity index is 1.94. The van der Waals surface area contributed by atoms with Gasteiger partial charge in [0.15, 0.2) is 5.78 Å². The molecule has 0 saturated carbocycles. The number of rotatable bonds is 5. The van der Waals surface area contributed by atoms with Gasteiger partial charge in [0.2, 0.25) is 0 Å². The molecule has 2 aromatic rings. The van der Waals surface area contributed by atoms with Gasteiger partial charge in [0.05, 0.1) is 13.2 Å². The molecule has 3 N–H and O–H groups in total. The van der Waals surface area contributed by atoms with Crippen LogP contribution in [0.4, 0.5) is 0 Å². The number of phenols is 1. The summed E-state index contributed by atoms with van der Waals surface area (Å²) >= 11 is 0. The Bertz CT molecular complexity index is 1040. The summed E-state index contributed by atoms with van der Waals surface area (Å²) < 4.78 is 0. The molecule has 0 atom stereocenters. The van der Waals surface area contributed by atoms with Crippen molar-refractivity contribution in [1.82, 2.24) is 9.88 Å². The monoisotopic (exact) mass is 437 g/mol. The van der Waals surface area contributed by atoms with Crippen LogP contribution in [0.15, 0.2) is 18.2 Å². The van der Waals surface area contributed by atoms with E-state index in [4.69, 9.17) is 5.41 Å². The number of nitrogens with one attached hydrogen (secondary N) is 1. The number of aryl methyl sites for hydroxylation is 1. The predicted molar refractivity (Wildman–Crippen MR) is 127 cm³/mol. The number of hydrogen-bond donors (Lipinski definition) is 3. The molecule has 0 aliphatic carbocycles. The molecule has 1 aromatic carbocycles. The summed E-state index contributed by atoms with van der Waals surface area (Å²) in [5, 5.41) is 29.1. The third kappa shape index (κ3) is 4.42. The number of phenolic OH excluding ortho intramolecular Hbond substituents is 1. The number of aliphatic hydroxyl groups is 1. The van der Waals surface area contributed by atoms with E-state index < -0.39 is 0 Å². The first-order valence-corrected chi connectivity index (χ1v) is 11.2. The van der Waals surface area contributed by atoms with Crippen LogP contribution in [-0.4, -0.2) is 38.3 Å². The molecule has 0 amide bonds. The van der Waals surface area contributed by atoms with E-state index in [0.717, 1.165) is 27.9 Å². The van der Waals surface area contributed by atoms with Gasteiger partial charge in [0.1, 0.15) is 17.3 Å². The second kappa shape index (κ2) is 8.32. The Hall–Kier alpha value is -2.73. The van der Waals surface area contributed by atoms with E-state index in [2.05, 4.69) is 4.98 Å². The van der Waals surface area contributed by atoms with Gasteiger partial charge >= 0.3 is 0 Å². The van der Waals surface area contributed by atoms with Crippen molar-refractivity contribution in [2.24, 2.45) is 0 Å². The summed E-state index contributed by atoms with van der Waals surface area (Å²) in [6.07, 6.45) is 0.675. The highest BCUT2D eigenvalue weighted by atomic mass is 16.3. The molecule has 0 radical (unpaired) electrons. The Kier molecular flexibility index (Phi) is 6.22. The molecule has 172 valence electrons. The van der Waals surface area contributed by atoms with Gasteiger partial charge in [-0.15, -0.1) is 0 Å². The van der Waals surface area contributed by atoms with Gasteiger partial charge in [0, 0.05) is 34.5 Å². The highest BCUT2D eigenvalue weighted by molar-refractivity contribution is 6.04. The van der Waals surface area contributed by atoms with Gasteiger partial charge in [0.25, 0.3) is 0 Å². The number of Topliss-reactive ketones (excluding diaryl/α,β-unsaturated/α-hetero) is 1. The number of carbonyl (C=O) groups excluding carboxylic acids is 1.